The zero-order valence-corrected chi connectivity index (χ0v) is 18.3. The molecule has 1 amide bonds. The Labute approximate surface area is 179 Å². The minimum absolute atomic E-state index is 0.0121. The molecule has 0 saturated heterocycles. The molecule has 2 aromatic carbocycles. The number of ether oxygens (including phenoxy) is 3. The highest BCUT2D eigenvalue weighted by molar-refractivity contribution is 5.84. The van der Waals surface area contributed by atoms with Crippen molar-refractivity contribution in [1.82, 2.24) is 0 Å². The number of benzene rings is 2. The second kappa shape index (κ2) is 11.6. The summed E-state index contributed by atoms with van der Waals surface area (Å²) < 4.78 is 16.5. The van der Waals surface area contributed by atoms with Crippen molar-refractivity contribution >= 4 is 11.8 Å². The maximum atomic E-state index is 11.8. The number of carbonyl (C=O) groups excluding carboxylic acids is 1. The molecule has 0 spiro atoms. The van der Waals surface area contributed by atoms with Crippen molar-refractivity contribution in [1.29, 1.82) is 0 Å². The summed E-state index contributed by atoms with van der Waals surface area (Å²) >= 11 is 0. The number of carbonyl (C=O) groups is 1. The Kier molecular flexibility index (Phi) is 9.15. The number of aliphatic hydroxyl groups excluding tert-OH is 1. The summed E-state index contributed by atoms with van der Waals surface area (Å²) in [6, 6.07) is 15.5. The van der Waals surface area contributed by atoms with E-state index in [0.29, 0.717) is 25.3 Å². The highest BCUT2D eigenvalue weighted by atomic mass is 16.6. The van der Waals surface area contributed by atoms with E-state index in [0.717, 1.165) is 23.3 Å². The molecule has 0 fully saturated rings. The van der Waals surface area contributed by atoms with Crippen molar-refractivity contribution in [3.05, 3.63) is 59.7 Å². The Balaban J connectivity index is 1.76. The predicted molar refractivity (Wildman–Crippen MR) is 118 cm³/mol. The molecular weight excluding hydrogens is 382 g/mol. The van der Waals surface area contributed by atoms with Gasteiger partial charge in [-0.05, 0) is 63.1 Å². The van der Waals surface area contributed by atoms with Crippen LogP contribution < -0.4 is 10.1 Å². The average Bonchev–Trinajstić information content (AvgIpc) is 2.69. The van der Waals surface area contributed by atoms with Gasteiger partial charge in [0.1, 0.15) is 11.4 Å². The van der Waals surface area contributed by atoms with E-state index in [1.165, 1.54) is 0 Å². The topological polar surface area (TPSA) is 77.0 Å². The summed E-state index contributed by atoms with van der Waals surface area (Å²) in [7, 11) is 0. The molecule has 2 N–H and O–H groups in total. The molecule has 30 heavy (non-hydrogen) atoms. The fraction of sp³-hybridized carbons (Fsp3) is 0.458. The van der Waals surface area contributed by atoms with Crippen LogP contribution in [0.25, 0.3) is 0 Å². The largest absolute Gasteiger partial charge is 0.493 e. The predicted octanol–water partition coefficient (Wildman–Crippen LogP) is 4.60. The Bertz CT molecular complexity index is 766. The van der Waals surface area contributed by atoms with Gasteiger partial charge < -0.3 is 19.3 Å². The van der Waals surface area contributed by atoms with Crippen LogP contribution in [0, 0.1) is 0 Å². The van der Waals surface area contributed by atoms with Crippen molar-refractivity contribution in [3.8, 4) is 5.75 Å². The van der Waals surface area contributed by atoms with Gasteiger partial charge in [0.15, 0.2) is 0 Å². The Morgan fingerprint density at radius 1 is 1.03 bits per heavy atom. The van der Waals surface area contributed by atoms with Crippen LogP contribution in [0.4, 0.5) is 10.5 Å². The van der Waals surface area contributed by atoms with Gasteiger partial charge in [-0.25, -0.2) is 4.79 Å². The summed E-state index contributed by atoms with van der Waals surface area (Å²) in [4.78, 5) is 11.8. The lowest BCUT2D eigenvalue weighted by molar-refractivity contribution is 0.0207. The number of amides is 1. The van der Waals surface area contributed by atoms with Crippen molar-refractivity contribution in [2.24, 2.45) is 0 Å². The number of rotatable bonds is 10. The van der Waals surface area contributed by atoms with E-state index in [1.807, 2.05) is 76.2 Å². The molecule has 2 aromatic rings. The van der Waals surface area contributed by atoms with Gasteiger partial charge in [0.2, 0.25) is 0 Å². The Hall–Kier alpha value is -2.57. The van der Waals surface area contributed by atoms with Gasteiger partial charge in [0.05, 0.1) is 19.3 Å². The SMILES string of the molecule is CCOC(CO)Cc1ccc(OCCc2ccc(NC(=O)OC(C)(C)C)cc2)cc1. The first-order chi connectivity index (χ1) is 14.3. The standard InChI is InChI=1S/C24H33NO5/c1-5-28-22(17-26)16-19-8-12-21(13-9-19)29-15-14-18-6-10-20(11-7-18)25-23(27)30-24(2,3)4/h6-13,22,26H,5,14-17H2,1-4H3,(H,25,27). The molecule has 164 valence electrons. The summed E-state index contributed by atoms with van der Waals surface area (Å²) in [5, 5.41) is 12.0. The van der Waals surface area contributed by atoms with E-state index in [9.17, 15) is 9.90 Å². The van der Waals surface area contributed by atoms with E-state index < -0.39 is 11.7 Å². The molecule has 0 aliphatic carbocycles. The zero-order chi connectivity index (χ0) is 22.0. The van der Waals surface area contributed by atoms with Crippen molar-refractivity contribution in [2.75, 3.05) is 25.1 Å². The molecule has 0 heterocycles. The number of hydrogen-bond acceptors (Lipinski definition) is 5. The van der Waals surface area contributed by atoms with Gasteiger partial charge in [-0.2, -0.15) is 0 Å². The first kappa shape index (κ1) is 23.7. The second-order valence-corrected chi connectivity index (χ2v) is 8.03. The van der Waals surface area contributed by atoms with E-state index in [1.54, 1.807) is 0 Å². The highest BCUT2D eigenvalue weighted by Gasteiger charge is 2.16. The van der Waals surface area contributed by atoms with E-state index in [4.69, 9.17) is 14.2 Å². The van der Waals surface area contributed by atoms with E-state index >= 15 is 0 Å². The minimum Gasteiger partial charge on any atom is -0.493 e. The smallest absolute Gasteiger partial charge is 0.412 e. The molecule has 6 nitrogen and oxygen atoms in total. The lowest BCUT2D eigenvalue weighted by Crippen LogP contribution is -2.27. The summed E-state index contributed by atoms with van der Waals surface area (Å²) in [5.74, 6) is 0.805. The van der Waals surface area contributed by atoms with E-state index in [2.05, 4.69) is 5.32 Å². The molecule has 0 aromatic heterocycles. The average molecular weight is 416 g/mol. The third kappa shape index (κ3) is 8.84. The molecule has 6 heteroatoms. The third-order valence-electron chi connectivity index (χ3n) is 4.25. The Morgan fingerprint density at radius 3 is 2.23 bits per heavy atom. The molecule has 0 aliphatic heterocycles. The van der Waals surface area contributed by atoms with Crippen LogP contribution in [-0.2, 0) is 22.3 Å². The lowest BCUT2D eigenvalue weighted by atomic mass is 10.1. The van der Waals surface area contributed by atoms with Gasteiger partial charge in [-0.1, -0.05) is 24.3 Å². The fourth-order valence-electron chi connectivity index (χ4n) is 2.86. The molecule has 1 unspecified atom stereocenters. The van der Waals surface area contributed by atoms with Gasteiger partial charge >= 0.3 is 6.09 Å². The molecule has 0 radical (unpaired) electrons. The summed E-state index contributed by atoms with van der Waals surface area (Å²) in [6.45, 7) is 8.56. The van der Waals surface area contributed by atoms with Gasteiger partial charge in [0, 0.05) is 25.1 Å². The number of aliphatic hydroxyl groups is 1. The normalized spacial score (nSPS) is 12.3. The quantitative estimate of drug-likeness (QED) is 0.593. The van der Waals surface area contributed by atoms with Crippen LogP contribution in [-0.4, -0.2) is 42.7 Å². The summed E-state index contributed by atoms with van der Waals surface area (Å²) in [6.07, 6.45) is 0.794. The molecule has 0 bridgehead atoms. The molecule has 0 saturated carbocycles. The maximum Gasteiger partial charge on any atom is 0.412 e. The fourth-order valence-corrected chi connectivity index (χ4v) is 2.86. The van der Waals surface area contributed by atoms with Crippen molar-refractivity contribution in [3.63, 3.8) is 0 Å². The molecule has 0 aliphatic rings. The van der Waals surface area contributed by atoms with Crippen LogP contribution >= 0.6 is 0 Å². The van der Waals surface area contributed by atoms with Gasteiger partial charge in [-0.15, -0.1) is 0 Å². The van der Waals surface area contributed by atoms with E-state index in [-0.39, 0.29) is 12.7 Å². The Morgan fingerprint density at radius 2 is 1.67 bits per heavy atom. The maximum absolute atomic E-state index is 11.8. The number of hydrogen-bond donors (Lipinski definition) is 2. The molecule has 1 atom stereocenters. The van der Waals surface area contributed by atoms with Gasteiger partial charge in [0.25, 0.3) is 0 Å². The van der Waals surface area contributed by atoms with Gasteiger partial charge in [-0.3, -0.25) is 5.32 Å². The number of nitrogens with one attached hydrogen (secondary N) is 1. The lowest BCUT2D eigenvalue weighted by Gasteiger charge is -2.19. The van der Waals surface area contributed by atoms with Crippen LogP contribution in [0.5, 0.6) is 5.75 Å². The first-order valence-corrected chi connectivity index (χ1v) is 10.3. The first-order valence-electron chi connectivity index (χ1n) is 10.3. The number of anilines is 1. The van der Waals surface area contributed by atoms with Crippen LogP contribution in [0.2, 0.25) is 0 Å². The monoisotopic (exact) mass is 415 g/mol. The highest BCUT2D eigenvalue weighted by Crippen LogP contribution is 2.16. The molecule has 2 rings (SSSR count). The van der Waals surface area contributed by atoms with Crippen molar-refractivity contribution < 1.29 is 24.1 Å². The minimum atomic E-state index is -0.524. The third-order valence-corrected chi connectivity index (χ3v) is 4.25. The zero-order valence-electron chi connectivity index (χ0n) is 18.3. The van der Waals surface area contributed by atoms with Crippen LogP contribution in [0.1, 0.15) is 38.8 Å². The van der Waals surface area contributed by atoms with Crippen LogP contribution in [0.15, 0.2) is 48.5 Å². The van der Waals surface area contributed by atoms with Crippen LogP contribution in [0.3, 0.4) is 0 Å². The summed E-state index contributed by atoms with van der Waals surface area (Å²) in [5.41, 5.74) is 2.38. The van der Waals surface area contributed by atoms with Crippen molar-refractivity contribution in [2.45, 2.75) is 52.2 Å². The second-order valence-electron chi connectivity index (χ2n) is 8.03. The molecular formula is C24H33NO5.